The molecule has 0 saturated carbocycles. The lowest BCUT2D eigenvalue weighted by Crippen LogP contribution is -2.48. The van der Waals surface area contributed by atoms with E-state index in [0.29, 0.717) is 16.9 Å². The second-order valence-electron chi connectivity index (χ2n) is 7.46. The third kappa shape index (κ3) is 2.79. The fraction of sp³-hybridized carbons (Fsp3) is 0.350. The normalized spacial score (nSPS) is 25.8. The predicted octanol–water partition coefficient (Wildman–Crippen LogP) is 2.37. The van der Waals surface area contributed by atoms with E-state index >= 15 is 0 Å². The predicted molar refractivity (Wildman–Crippen MR) is 94.2 cm³/mol. The van der Waals surface area contributed by atoms with Gasteiger partial charge in [-0.25, -0.2) is 0 Å². The molecule has 4 N–H and O–H groups in total. The molecule has 2 aromatic rings. The van der Waals surface area contributed by atoms with Crippen molar-refractivity contribution in [3.05, 3.63) is 47.0 Å². The van der Waals surface area contributed by atoms with Crippen LogP contribution in [0.5, 0.6) is 23.0 Å². The number of benzene rings is 2. The maximum absolute atomic E-state index is 12.5. The van der Waals surface area contributed by atoms with E-state index in [9.17, 15) is 25.2 Å². The molecule has 27 heavy (non-hydrogen) atoms. The number of ether oxygens (including phenoxy) is 2. The van der Waals surface area contributed by atoms with Crippen molar-refractivity contribution in [1.82, 2.24) is 0 Å². The highest BCUT2D eigenvalue weighted by molar-refractivity contribution is 6.02. The lowest BCUT2D eigenvalue weighted by atomic mass is 9.86. The Morgan fingerprint density at radius 2 is 1.81 bits per heavy atom. The number of aliphatic hydroxyl groups is 2. The zero-order chi connectivity index (χ0) is 19.5. The van der Waals surface area contributed by atoms with Crippen molar-refractivity contribution >= 4 is 5.78 Å². The summed E-state index contributed by atoms with van der Waals surface area (Å²) < 4.78 is 11.6. The maximum Gasteiger partial charge on any atom is 0.174 e. The van der Waals surface area contributed by atoms with Gasteiger partial charge in [0.05, 0.1) is 6.42 Å². The molecule has 3 atom stereocenters. The van der Waals surface area contributed by atoms with Crippen molar-refractivity contribution in [1.29, 1.82) is 0 Å². The summed E-state index contributed by atoms with van der Waals surface area (Å²) in [6.45, 7) is 3.38. The van der Waals surface area contributed by atoms with Gasteiger partial charge in [0.25, 0.3) is 0 Å². The SMILES string of the molecule is CC1(C)Oc2ccc([C@@H]3CC(=O)c4c(O)cc(O)cc4O3)cc2[C@H](O)[C@H]1O. The number of rotatable bonds is 1. The summed E-state index contributed by atoms with van der Waals surface area (Å²) in [6, 6.07) is 7.41. The highest BCUT2D eigenvalue weighted by Crippen LogP contribution is 2.44. The number of aliphatic hydroxyl groups excluding tert-OH is 2. The molecule has 0 fully saturated rings. The number of phenolic OH excluding ortho intramolecular Hbond substituents is 2. The Bertz CT molecular complexity index is 934. The van der Waals surface area contributed by atoms with Crippen LogP contribution < -0.4 is 9.47 Å². The Kier molecular flexibility index (Phi) is 3.83. The Balaban J connectivity index is 1.71. The van der Waals surface area contributed by atoms with Crippen LogP contribution in [0.1, 0.15) is 54.0 Å². The van der Waals surface area contributed by atoms with E-state index in [1.54, 1.807) is 32.0 Å². The van der Waals surface area contributed by atoms with Crippen molar-refractivity contribution in [3.8, 4) is 23.0 Å². The number of carbonyl (C=O) groups excluding carboxylic acids is 1. The van der Waals surface area contributed by atoms with E-state index in [2.05, 4.69) is 0 Å². The number of ketones is 1. The zero-order valence-electron chi connectivity index (χ0n) is 14.8. The van der Waals surface area contributed by atoms with Crippen molar-refractivity contribution in [3.63, 3.8) is 0 Å². The van der Waals surface area contributed by atoms with Gasteiger partial charge in [0.2, 0.25) is 0 Å². The lowest BCUT2D eigenvalue weighted by molar-refractivity contribution is -0.111. The third-order valence-corrected chi connectivity index (χ3v) is 5.09. The first kappa shape index (κ1) is 17.6. The highest BCUT2D eigenvalue weighted by Gasteiger charge is 2.42. The summed E-state index contributed by atoms with van der Waals surface area (Å²) in [5, 5.41) is 40.3. The summed E-state index contributed by atoms with van der Waals surface area (Å²) in [5.41, 5.74) is 0.145. The smallest absolute Gasteiger partial charge is 0.174 e. The fourth-order valence-electron chi connectivity index (χ4n) is 3.60. The summed E-state index contributed by atoms with van der Waals surface area (Å²) in [5.74, 6) is -0.286. The molecule has 2 heterocycles. The molecule has 0 amide bonds. The van der Waals surface area contributed by atoms with E-state index in [0.717, 1.165) is 6.07 Å². The fourth-order valence-corrected chi connectivity index (χ4v) is 3.60. The zero-order valence-corrected chi connectivity index (χ0v) is 14.8. The van der Waals surface area contributed by atoms with Gasteiger partial charge in [-0.2, -0.15) is 0 Å². The molecule has 142 valence electrons. The van der Waals surface area contributed by atoms with E-state index in [-0.39, 0.29) is 35.0 Å². The van der Waals surface area contributed by atoms with Crippen LogP contribution >= 0.6 is 0 Å². The standard InChI is InChI=1S/C20H20O7/c1-20(2)19(25)18(24)11-5-9(3-4-14(11)27-20)15-8-13(23)17-12(22)6-10(21)7-16(17)26-15/h3-7,15,18-19,21-22,24-25H,8H2,1-2H3/t15-,18-,19+/m0/s1. The first-order valence-electron chi connectivity index (χ1n) is 8.62. The number of fused-ring (bicyclic) bond motifs is 2. The molecule has 7 heteroatoms. The number of hydrogen-bond acceptors (Lipinski definition) is 7. The molecule has 0 unspecified atom stereocenters. The Morgan fingerprint density at radius 3 is 2.56 bits per heavy atom. The van der Waals surface area contributed by atoms with Crippen LogP contribution in [0.25, 0.3) is 0 Å². The molecule has 0 saturated heterocycles. The van der Waals surface area contributed by atoms with Crippen LogP contribution in [0.4, 0.5) is 0 Å². The number of carbonyl (C=O) groups is 1. The quantitative estimate of drug-likeness (QED) is 0.607. The Labute approximate surface area is 155 Å². The van der Waals surface area contributed by atoms with Gasteiger partial charge < -0.3 is 29.9 Å². The van der Waals surface area contributed by atoms with Crippen LogP contribution in [-0.2, 0) is 0 Å². The van der Waals surface area contributed by atoms with Crippen LogP contribution in [-0.4, -0.2) is 37.9 Å². The van der Waals surface area contributed by atoms with Crippen LogP contribution in [0, 0.1) is 0 Å². The average molecular weight is 372 g/mol. The second kappa shape index (κ2) is 5.87. The van der Waals surface area contributed by atoms with E-state index in [1.165, 1.54) is 6.07 Å². The molecule has 2 aliphatic heterocycles. The molecule has 0 radical (unpaired) electrons. The average Bonchev–Trinajstić information content (AvgIpc) is 2.58. The summed E-state index contributed by atoms with van der Waals surface area (Å²) in [4.78, 5) is 12.5. The first-order valence-corrected chi connectivity index (χ1v) is 8.62. The molecular formula is C20H20O7. The van der Waals surface area contributed by atoms with E-state index < -0.39 is 23.9 Å². The molecular weight excluding hydrogens is 352 g/mol. The third-order valence-electron chi connectivity index (χ3n) is 5.09. The van der Waals surface area contributed by atoms with Gasteiger partial charge in [0, 0.05) is 17.7 Å². The minimum Gasteiger partial charge on any atom is -0.508 e. The van der Waals surface area contributed by atoms with Crippen molar-refractivity contribution in [2.24, 2.45) is 0 Å². The van der Waals surface area contributed by atoms with Gasteiger partial charge in [-0.3, -0.25) is 4.79 Å². The van der Waals surface area contributed by atoms with Crippen molar-refractivity contribution in [2.75, 3.05) is 0 Å². The van der Waals surface area contributed by atoms with Crippen LogP contribution in [0.3, 0.4) is 0 Å². The summed E-state index contributed by atoms with van der Waals surface area (Å²) in [7, 11) is 0. The van der Waals surface area contributed by atoms with Gasteiger partial charge in [-0.15, -0.1) is 0 Å². The minimum atomic E-state index is -1.14. The lowest BCUT2D eigenvalue weighted by Gasteiger charge is -2.40. The molecule has 2 aliphatic rings. The molecule has 4 rings (SSSR count). The second-order valence-corrected chi connectivity index (χ2v) is 7.46. The molecule has 0 bridgehead atoms. The highest BCUT2D eigenvalue weighted by atomic mass is 16.5. The number of Topliss-reactive ketones (excluding diaryl/α,β-unsaturated/α-hetero) is 1. The van der Waals surface area contributed by atoms with Gasteiger partial charge in [0.15, 0.2) is 5.78 Å². The molecule has 2 aromatic carbocycles. The minimum absolute atomic E-state index is 0.00484. The Morgan fingerprint density at radius 1 is 1.07 bits per heavy atom. The van der Waals surface area contributed by atoms with Gasteiger partial charge in [-0.1, -0.05) is 6.07 Å². The summed E-state index contributed by atoms with van der Waals surface area (Å²) >= 11 is 0. The number of hydrogen-bond donors (Lipinski definition) is 4. The number of aromatic hydroxyl groups is 2. The molecule has 0 aromatic heterocycles. The molecule has 0 spiro atoms. The molecule has 7 nitrogen and oxygen atoms in total. The maximum atomic E-state index is 12.5. The number of phenols is 2. The topological polar surface area (TPSA) is 116 Å². The summed E-state index contributed by atoms with van der Waals surface area (Å²) in [6.07, 6.45) is -2.90. The Hall–Kier alpha value is -2.77. The monoisotopic (exact) mass is 372 g/mol. The largest absolute Gasteiger partial charge is 0.508 e. The van der Waals surface area contributed by atoms with Crippen molar-refractivity contribution < 1.29 is 34.7 Å². The first-order chi connectivity index (χ1) is 12.7. The van der Waals surface area contributed by atoms with Gasteiger partial charge in [-0.05, 0) is 31.5 Å². The van der Waals surface area contributed by atoms with Gasteiger partial charge in [0.1, 0.15) is 52.5 Å². The van der Waals surface area contributed by atoms with E-state index in [4.69, 9.17) is 9.47 Å². The van der Waals surface area contributed by atoms with Crippen LogP contribution in [0.15, 0.2) is 30.3 Å². The van der Waals surface area contributed by atoms with Gasteiger partial charge >= 0.3 is 0 Å². The van der Waals surface area contributed by atoms with Crippen LogP contribution in [0.2, 0.25) is 0 Å². The van der Waals surface area contributed by atoms with E-state index in [1.807, 2.05) is 0 Å². The van der Waals surface area contributed by atoms with Crippen molar-refractivity contribution in [2.45, 2.75) is 44.2 Å². The molecule has 0 aliphatic carbocycles.